The number of nitrogens with zero attached hydrogens (tertiary/aromatic N) is 1. The number of nitrogens with one attached hydrogen (secondary N) is 1. The number of rotatable bonds is 6. The van der Waals surface area contributed by atoms with E-state index in [1.54, 1.807) is 0 Å². The van der Waals surface area contributed by atoms with Gasteiger partial charge in [-0.15, -0.1) is 0 Å². The van der Waals surface area contributed by atoms with Crippen LogP contribution in [-0.2, 0) is 17.8 Å². The van der Waals surface area contributed by atoms with Gasteiger partial charge in [-0.1, -0.05) is 6.92 Å². The lowest BCUT2D eigenvalue weighted by molar-refractivity contribution is -0.0269. The standard InChI is InChI=1S/C10H17BN2O4/c1-2-8(5-14)17-6-13-4-7(3-11)9(15)12-10(13)16/h4,8,14H,2-3,5-6,11H2,1H3,(H,12,15,16)/t8-/m0/s1. The van der Waals surface area contributed by atoms with Gasteiger partial charge in [0, 0.05) is 11.8 Å². The molecular weight excluding hydrogens is 223 g/mol. The molecule has 2 N–H and O–H groups in total. The molecule has 0 unspecified atom stereocenters. The van der Waals surface area contributed by atoms with Gasteiger partial charge in [-0.3, -0.25) is 14.3 Å². The van der Waals surface area contributed by atoms with Crippen molar-refractivity contribution in [1.82, 2.24) is 9.55 Å². The number of aliphatic hydroxyl groups is 1. The van der Waals surface area contributed by atoms with E-state index in [9.17, 15) is 9.59 Å². The van der Waals surface area contributed by atoms with Crippen molar-refractivity contribution in [3.05, 3.63) is 32.6 Å². The Morgan fingerprint density at radius 1 is 1.59 bits per heavy atom. The number of aliphatic hydroxyl groups excluding tert-OH is 1. The molecule has 0 radical (unpaired) electrons. The predicted molar refractivity (Wildman–Crippen MR) is 65.8 cm³/mol. The summed E-state index contributed by atoms with van der Waals surface area (Å²) in [4.78, 5) is 25.0. The highest BCUT2D eigenvalue weighted by atomic mass is 16.5. The zero-order valence-electron chi connectivity index (χ0n) is 10.1. The molecule has 0 aliphatic rings. The molecule has 7 heteroatoms. The summed E-state index contributed by atoms with van der Waals surface area (Å²) in [6.07, 6.45) is 2.41. The molecule has 0 saturated carbocycles. The van der Waals surface area contributed by atoms with Gasteiger partial charge < -0.3 is 9.84 Å². The van der Waals surface area contributed by atoms with E-state index in [0.717, 1.165) is 0 Å². The number of hydrogen-bond donors (Lipinski definition) is 2. The number of ether oxygens (including phenoxy) is 1. The van der Waals surface area contributed by atoms with Crippen LogP contribution in [0, 0.1) is 0 Å². The fourth-order valence-corrected chi connectivity index (χ4v) is 1.39. The fourth-order valence-electron chi connectivity index (χ4n) is 1.39. The highest BCUT2D eigenvalue weighted by Crippen LogP contribution is 1.98. The van der Waals surface area contributed by atoms with Crippen LogP contribution in [0.2, 0.25) is 0 Å². The molecular formula is C10H17BN2O4. The molecule has 1 atom stereocenters. The first-order valence-electron chi connectivity index (χ1n) is 5.67. The summed E-state index contributed by atoms with van der Waals surface area (Å²) in [6.45, 7) is 1.82. The van der Waals surface area contributed by atoms with Gasteiger partial charge in [-0.25, -0.2) is 4.79 Å². The van der Waals surface area contributed by atoms with Crippen molar-refractivity contribution < 1.29 is 9.84 Å². The molecule has 94 valence electrons. The molecule has 1 rings (SSSR count). The maximum absolute atomic E-state index is 11.5. The van der Waals surface area contributed by atoms with E-state index >= 15 is 0 Å². The molecule has 1 aromatic rings. The molecule has 0 aliphatic carbocycles. The lowest BCUT2D eigenvalue weighted by Crippen LogP contribution is -2.33. The highest BCUT2D eigenvalue weighted by Gasteiger charge is 2.07. The Kier molecular flexibility index (Phi) is 5.18. The summed E-state index contributed by atoms with van der Waals surface area (Å²) in [5, 5.41) is 8.95. The Balaban J connectivity index is 2.84. The summed E-state index contributed by atoms with van der Waals surface area (Å²) in [7, 11) is 1.84. The van der Waals surface area contributed by atoms with Crippen molar-refractivity contribution in [1.29, 1.82) is 0 Å². The molecule has 0 spiro atoms. The molecule has 6 nitrogen and oxygen atoms in total. The normalized spacial score (nSPS) is 12.6. The molecule has 0 saturated heterocycles. The van der Waals surface area contributed by atoms with Crippen LogP contribution in [0.1, 0.15) is 18.9 Å². The SMILES string of the molecule is BCc1cn(CO[C@@H](CC)CO)c(=O)[nH]c1=O. The second-order valence-corrected chi connectivity index (χ2v) is 3.75. The largest absolute Gasteiger partial charge is 0.394 e. The van der Waals surface area contributed by atoms with E-state index < -0.39 is 5.69 Å². The van der Waals surface area contributed by atoms with Crippen LogP contribution >= 0.6 is 0 Å². The number of aromatic amines is 1. The van der Waals surface area contributed by atoms with Crippen molar-refractivity contribution in [2.45, 2.75) is 32.5 Å². The van der Waals surface area contributed by atoms with Gasteiger partial charge >= 0.3 is 5.69 Å². The fraction of sp³-hybridized carbons (Fsp3) is 0.600. The number of aromatic nitrogens is 2. The predicted octanol–water partition coefficient (Wildman–Crippen LogP) is -1.59. The Bertz CT molecular complexity index is 464. The average Bonchev–Trinajstić information content (AvgIpc) is 2.32. The van der Waals surface area contributed by atoms with Crippen LogP contribution in [-0.4, -0.2) is 35.2 Å². The van der Waals surface area contributed by atoms with Gasteiger partial charge in [0.25, 0.3) is 5.56 Å². The van der Waals surface area contributed by atoms with Crippen LogP contribution in [0.4, 0.5) is 0 Å². The summed E-state index contributed by atoms with van der Waals surface area (Å²) in [5.41, 5.74) is -0.326. The van der Waals surface area contributed by atoms with E-state index in [1.807, 2.05) is 14.8 Å². The zero-order valence-corrected chi connectivity index (χ0v) is 10.1. The van der Waals surface area contributed by atoms with Crippen LogP contribution < -0.4 is 11.2 Å². The molecule has 0 aliphatic heterocycles. The summed E-state index contributed by atoms with van der Waals surface area (Å²) < 4.78 is 6.63. The highest BCUT2D eigenvalue weighted by molar-refractivity contribution is 6.08. The average molecular weight is 240 g/mol. The lowest BCUT2D eigenvalue weighted by atomic mass is 9.99. The Labute approximate surface area is 99.7 Å². The molecule has 1 aromatic heterocycles. The minimum absolute atomic E-state index is 0.0294. The third kappa shape index (κ3) is 3.57. The third-order valence-corrected chi connectivity index (χ3v) is 2.57. The van der Waals surface area contributed by atoms with Gasteiger partial charge in [-0.2, -0.15) is 0 Å². The zero-order chi connectivity index (χ0) is 12.8. The molecule has 1 heterocycles. The van der Waals surface area contributed by atoms with Crippen molar-refractivity contribution in [3.63, 3.8) is 0 Å². The molecule has 0 aromatic carbocycles. The monoisotopic (exact) mass is 240 g/mol. The Morgan fingerprint density at radius 2 is 2.29 bits per heavy atom. The van der Waals surface area contributed by atoms with E-state index in [0.29, 0.717) is 18.3 Å². The Hall–Kier alpha value is -1.34. The molecule has 0 fully saturated rings. The maximum Gasteiger partial charge on any atom is 0.330 e. The van der Waals surface area contributed by atoms with Crippen LogP contribution in [0.3, 0.4) is 0 Å². The van der Waals surface area contributed by atoms with E-state index in [-0.39, 0.29) is 25.0 Å². The van der Waals surface area contributed by atoms with Gasteiger partial charge in [0.15, 0.2) is 0 Å². The minimum Gasteiger partial charge on any atom is -0.394 e. The maximum atomic E-state index is 11.5. The third-order valence-electron chi connectivity index (χ3n) is 2.57. The minimum atomic E-state index is -0.500. The van der Waals surface area contributed by atoms with Gasteiger partial charge in [0.05, 0.1) is 12.7 Å². The van der Waals surface area contributed by atoms with E-state index in [1.165, 1.54) is 10.8 Å². The quantitative estimate of drug-likeness (QED) is 0.587. The first-order chi connectivity index (χ1) is 8.12. The molecule has 0 bridgehead atoms. The summed E-state index contributed by atoms with van der Waals surface area (Å²) >= 11 is 0. The van der Waals surface area contributed by atoms with E-state index in [2.05, 4.69) is 4.98 Å². The number of hydrogen-bond acceptors (Lipinski definition) is 4. The Morgan fingerprint density at radius 3 is 2.82 bits per heavy atom. The smallest absolute Gasteiger partial charge is 0.330 e. The van der Waals surface area contributed by atoms with Crippen LogP contribution in [0.15, 0.2) is 15.8 Å². The topological polar surface area (TPSA) is 84.3 Å². The second-order valence-electron chi connectivity index (χ2n) is 3.75. The van der Waals surface area contributed by atoms with Gasteiger partial charge in [0.1, 0.15) is 14.6 Å². The summed E-state index contributed by atoms with van der Waals surface area (Å²) in [6, 6.07) is 0. The van der Waals surface area contributed by atoms with Crippen molar-refractivity contribution in [3.8, 4) is 0 Å². The summed E-state index contributed by atoms with van der Waals surface area (Å²) in [5.74, 6) is 0. The van der Waals surface area contributed by atoms with Crippen LogP contribution in [0.25, 0.3) is 0 Å². The lowest BCUT2D eigenvalue weighted by Gasteiger charge is -2.14. The first kappa shape index (κ1) is 13.7. The van der Waals surface area contributed by atoms with Crippen molar-refractivity contribution in [2.75, 3.05) is 6.61 Å². The van der Waals surface area contributed by atoms with Gasteiger partial charge in [0.2, 0.25) is 0 Å². The van der Waals surface area contributed by atoms with Crippen LogP contribution in [0.5, 0.6) is 0 Å². The van der Waals surface area contributed by atoms with Crippen molar-refractivity contribution in [2.24, 2.45) is 0 Å². The first-order valence-corrected chi connectivity index (χ1v) is 5.67. The molecule has 17 heavy (non-hydrogen) atoms. The van der Waals surface area contributed by atoms with Crippen molar-refractivity contribution >= 4 is 7.85 Å². The molecule has 0 amide bonds. The van der Waals surface area contributed by atoms with E-state index in [4.69, 9.17) is 9.84 Å². The number of H-pyrrole nitrogens is 1. The second kappa shape index (κ2) is 6.41. The van der Waals surface area contributed by atoms with Gasteiger partial charge in [-0.05, 0) is 12.7 Å².